The molecule has 1 atom stereocenters. The van der Waals surface area contributed by atoms with Gasteiger partial charge in [-0.1, -0.05) is 39.0 Å². The van der Waals surface area contributed by atoms with E-state index >= 15 is 0 Å². The third-order valence-corrected chi connectivity index (χ3v) is 4.70. The maximum absolute atomic E-state index is 6.05. The predicted molar refractivity (Wildman–Crippen MR) is 97.2 cm³/mol. The Bertz CT molecular complexity index is 396. The highest BCUT2D eigenvalue weighted by molar-refractivity contribution is 7.99. The minimum Gasteiger partial charge on any atom is -0.491 e. The van der Waals surface area contributed by atoms with Gasteiger partial charge in [-0.05, 0) is 37.4 Å². The Labute approximate surface area is 140 Å². The van der Waals surface area contributed by atoms with Crippen LogP contribution in [-0.4, -0.2) is 55.4 Å². The van der Waals surface area contributed by atoms with E-state index in [-0.39, 0.29) is 6.10 Å². The van der Waals surface area contributed by atoms with Crippen molar-refractivity contribution in [3.8, 4) is 5.75 Å². The fourth-order valence-electron chi connectivity index (χ4n) is 2.18. The fraction of sp³-hybridized carbons (Fsp3) is 0.667. The quantitative estimate of drug-likeness (QED) is 0.582. The Morgan fingerprint density at radius 3 is 2.50 bits per heavy atom. The summed E-state index contributed by atoms with van der Waals surface area (Å²) in [7, 11) is 0. The minimum absolute atomic E-state index is 0.153. The number of nitrogens with zero attached hydrogens (tertiary/aromatic N) is 1. The first kappa shape index (κ1) is 19.3. The van der Waals surface area contributed by atoms with E-state index in [0.717, 1.165) is 43.5 Å². The zero-order chi connectivity index (χ0) is 16.2. The second kappa shape index (κ2) is 11.8. The molecule has 0 heterocycles. The van der Waals surface area contributed by atoms with Crippen molar-refractivity contribution in [2.75, 3.05) is 44.4 Å². The number of para-hydroxylation sites is 1. The number of ether oxygens (including phenoxy) is 2. The van der Waals surface area contributed by atoms with Gasteiger partial charge in [-0.3, -0.25) is 0 Å². The summed E-state index contributed by atoms with van der Waals surface area (Å²) in [5.41, 5.74) is 1.17. The third-order valence-electron chi connectivity index (χ3n) is 3.68. The van der Waals surface area contributed by atoms with E-state index in [2.05, 4.69) is 38.7 Å². The van der Waals surface area contributed by atoms with Crippen LogP contribution in [0.1, 0.15) is 26.3 Å². The van der Waals surface area contributed by atoms with Gasteiger partial charge in [-0.15, -0.1) is 0 Å². The van der Waals surface area contributed by atoms with Crippen LogP contribution in [0, 0.1) is 6.92 Å². The van der Waals surface area contributed by atoms with Crippen LogP contribution < -0.4 is 4.74 Å². The molecule has 0 aromatic heterocycles. The van der Waals surface area contributed by atoms with Crippen molar-refractivity contribution < 1.29 is 9.47 Å². The van der Waals surface area contributed by atoms with Crippen molar-refractivity contribution >= 4 is 11.8 Å². The first-order valence-corrected chi connectivity index (χ1v) is 9.46. The zero-order valence-corrected chi connectivity index (χ0v) is 15.3. The molecule has 3 nitrogen and oxygen atoms in total. The highest BCUT2D eigenvalue weighted by Crippen LogP contribution is 2.17. The van der Waals surface area contributed by atoms with Gasteiger partial charge in [0.05, 0.1) is 6.61 Å². The van der Waals surface area contributed by atoms with E-state index in [1.165, 1.54) is 5.56 Å². The molecule has 1 aromatic rings. The molecule has 0 saturated carbocycles. The second-order valence-corrected chi connectivity index (χ2v) is 6.57. The van der Waals surface area contributed by atoms with E-state index in [1.807, 2.05) is 30.0 Å². The monoisotopic (exact) mass is 325 g/mol. The molecule has 0 aliphatic heterocycles. The van der Waals surface area contributed by atoms with Gasteiger partial charge in [-0.2, -0.15) is 11.8 Å². The predicted octanol–water partition coefficient (Wildman–Crippen LogP) is 3.85. The fourth-order valence-corrected chi connectivity index (χ4v) is 2.87. The SMILES string of the molecule is CCSC[C@H](COc1ccccc1C)OCCN(CC)CC. The van der Waals surface area contributed by atoms with Crippen LogP contribution in [0.5, 0.6) is 5.75 Å². The van der Waals surface area contributed by atoms with Gasteiger partial charge in [0.15, 0.2) is 0 Å². The lowest BCUT2D eigenvalue weighted by molar-refractivity contribution is 0.0241. The van der Waals surface area contributed by atoms with E-state index in [1.54, 1.807) is 0 Å². The zero-order valence-electron chi connectivity index (χ0n) is 14.5. The largest absolute Gasteiger partial charge is 0.491 e. The van der Waals surface area contributed by atoms with Crippen LogP contribution in [0.4, 0.5) is 0 Å². The summed E-state index contributed by atoms with van der Waals surface area (Å²) in [6.07, 6.45) is 0.153. The van der Waals surface area contributed by atoms with E-state index < -0.39 is 0 Å². The number of hydrogen-bond acceptors (Lipinski definition) is 4. The molecule has 1 aromatic carbocycles. The molecule has 0 unspecified atom stereocenters. The van der Waals surface area contributed by atoms with Crippen LogP contribution in [0.25, 0.3) is 0 Å². The third kappa shape index (κ3) is 7.52. The first-order chi connectivity index (χ1) is 10.7. The average molecular weight is 326 g/mol. The maximum atomic E-state index is 6.05. The molecule has 4 heteroatoms. The lowest BCUT2D eigenvalue weighted by Gasteiger charge is -2.22. The van der Waals surface area contributed by atoms with Gasteiger partial charge in [-0.25, -0.2) is 0 Å². The molecule has 0 aliphatic rings. The Hall–Kier alpha value is -0.710. The molecule has 0 spiro atoms. The van der Waals surface area contributed by atoms with Gasteiger partial charge in [0.25, 0.3) is 0 Å². The minimum atomic E-state index is 0.153. The highest BCUT2D eigenvalue weighted by atomic mass is 32.2. The Balaban J connectivity index is 2.41. The summed E-state index contributed by atoms with van der Waals surface area (Å²) in [6.45, 7) is 13.2. The van der Waals surface area contributed by atoms with Crippen molar-refractivity contribution in [2.24, 2.45) is 0 Å². The normalized spacial score (nSPS) is 12.6. The van der Waals surface area contributed by atoms with E-state index in [9.17, 15) is 0 Å². The molecule has 22 heavy (non-hydrogen) atoms. The summed E-state index contributed by atoms with van der Waals surface area (Å²) in [4.78, 5) is 2.38. The van der Waals surface area contributed by atoms with Crippen molar-refractivity contribution in [3.05, 3.63) is 29.8 Å². The number of likely N-dealkylation sites (N-methyl/N-ethyl adjacent to an activating group) is 1. The summed E-state index contributed by atoms with van der Waals surface area (Å²) in [6, 6.07) is 8.15. The Morgan fingerprint density at radius 2 is 1.86 bits per heavy atom. The summed E-state index contributed by atoms with van der Waals surface area (Å²) in [5.74, 6) is 3.06. The van der Waals surface area contributed by atoms with Crippen molar-refractivity contribution in [2.45, 2.75) is 33.8 Å². The maximum Gasteiger partial charge on any atom is 0.122 e. The molecular formula is C18H31NO2S. The highest BCUT2D eigenvalue weighted by Gasteiger charge is 2.12. The first-order valence-electron chi connectivity index (χ1n) is 8.31. The number of thioether (sulfide) groups is 1. The van der Waals surface area contributed by atoms with Crippen LogP contribution in [-0.2, 0) is 4.74 Å². The van der Waals surface area contributed by atoms with Gasteiger partial charge < -0.3 is 14.4 Å². The molecule has 0 amide bonds. The number of rotatable bonds is 12. The Morgan fingerprint density at radius 1 is 1.14 bits per heavy atom. The number of aryl methyl sites for hydroxylation is 1. The average Bonchev–Trinajstić information content (AvgIpc) is 2.54. The van der Waals surface area contributed by atoms with E-state index in [4.69, 9.17) is 9.47 Å². The molecule has 1 rings (SSSR count). The van der Waals surface area contributed by atoms with Crippen LogP contribution in [0.3, 0.4) is 0 Å². The van der Waals surface area contributed by atoms with Crippen molar-refractivity contribution in [1.82, 2.24) is 4.90 Å². The Kier molecular flexibility index (Phi) is 10.4. The standard InChI is InChI=1S/C18H31NO2S/c1-5-19(6-2)12-13-20-17(15-22-7-3)14-21-18-11-9-8-10-16(18)4/h8-11,17H,5-7,12-15H2,1-4H3/t17-/m0/s1. The van der Waals surface area contributed by atoms with Crippen LogP contribution in [0.15, 0.2) is 24.3 Å². The molecular weight excluding hydrogens is 294 g/mol. The molecule has 0 N–H and O–H groups in total. The van der Waals surface area contributed by atoms with Crippen molar-refractivity contribution in [3.63, 3.8) is 0 Å². The molecule has 0 fully saturated rings. The summed E-state index contributed by atoms with van der Waals surface area (Å²) >= 11 is 1.91. The van der Waals surface area contributed by atoms with Crippen molar-refractivity contribution in [1.29, 1.82) is 0 Å². The van der Waals surface area contributed by atoms with Gasteiger partial charge >= 0.3 is 0 Å². The van der Waals surface area contributed by atoms with E-state index in [0.29, 0.717) is 6.61 Å². The molecule has 126 valence electrons. The lowest BCUT2D eigenvalue weighted by atomic mass is 10.2. The number of benzene rings is 1. The molecule has 0 saturated heterocycles. The molecule has 0 bridgehead atoms. The van der Waals surface area contributed by atoms with Crippen LogP contribution in [0.2, 0.25) is 0 Å². The summed E-state index contributed by atoms with van der Waals surface area (Å²) < 4.78 is 12.0. The topological polar surface area (TPSA) is 21.7 Å². The number of hydrogen-bond donors (Lipinski definition) is 0. The van der Waals surface area contributed by atoms with Gasteiger partial charge in [0, 0.05) is 12.3 Å². The smallest absolute Gasteiger partial charge is 0.122 e. The van der Waals surface area contributed by atoms with Gasteiger partial charge in [0.1, 0.15) is 18.5 Å². The second-order valence-electron chi connectivity index (χ2n) is 5.26. The lowest BCUT2D eigenvalue weighted by Crippen LogP contribution is -2.31. The summed E-state index contributed by atoms with van der Waals surface area (Å²) in [5, 5.41) is 0. The van der Waals surface area contributed by atoms with Gasteiger partial charge in [0.2, 0.25) is 0 Å². The molecule has 0 aliphatic carbocycles. The molecule has 0 radical (unpaired) electrons. The van der Waals surface area contributed by atoms with Crippen LogP contribution >= 0.6 is 11.8 Å².